The first-order chi connectivity index (χ1) is 5.27. The number of nitrogens with zero attached hydrogens (tertiary/aromatic N) is 1. The lowest BCUT2D eigenvalue weighted by atomic mass is 10.3. The van der Waals surface area contributed by atoms with Crippen molar-refractivity contribution in [1.82, 2.24) is 4.98 Å². The largest absolute Gasteiger partial charge is 0.431 e. The second-order valence-corrected chi connectivity index (χ2v) is 3.59. The molecule has 56 valence electrons. The molecule has 0 bridgehead atoms. The van der Waals surface area contributed by atoms with Crippen molar-refractivity contribution in [2.24, 2.45) is 0 Å². The van der Waals surface area contributed by atoms with Crippen LogP contribution in [-0.4, -0.2) is 4.98 Å². The molecule has 0 amide bonds. The molecule has 0 aliphatic carbocycles. The van der Waals surface area contributed by atoms with Crippen LogP contribution < -0.4 is 0 Å². The van der Waals surface area contributed by atoms with Gasteiger partial charge in [-0.25, -0.2) is 4.98 Å². The van der Waals surface area contributed by atoms with Crippen molar-refractivity contribution in [3.8, 4) is 0 Å². The van der Waals surface area contributed by atoms with Crippen LogP contribution in [0.4, 0.5) is 0 Å². The fraction of sp³-hybridized carbons (Fsp3) is 0. The Morgan fingerprint density at radius 1 is 1.27 bits per heavy atom. The fourth-order valence-electron chi connectivity index (χ4n) is 0.888. The maximum atomic E-state index is 5.22. The van der Waals surface area contributed by atoms with Crippen molar-refractivity contribution >= 4 is 43.0 Å². The minimum atomic E-state index is 0.513. The second-order valence-electron chi connectivity index (χ2n) is 2.05. The molecule has 0 fully saturated rings. The van der Waals surface area contributed by atoms with Crippen molar-refractivity contribution in [2.75, 3.05) is 0 Å². The number of halogens is 2. The summed E-state index contributed by atoms with van der Waals surface area (Å²) in [5.41, 5.74) is 1.63. The minimum absolute atomic E-state index is 0.513. The van der Waals surface area contributed by atoms with Crippen LogP contribution in [0.1, 0.15) is 0 Å². The normalized spacial score (nSPS) is 10.7. The summed E-state index contributed by atoms with van der Waals surface area (Å²) in [4.78, 5) is 4.63. The van der Waals surface area contributed by atoms with E-state index >= 15 is 0 Å². The summed E-state index contributed by atoms with van der Waals surface area (Å²) in [6.07, 6.45) is 0. The highest BCUT2D eigenvalue weighted by Crippen LogP contribution is 2.25. The topological polar surface area (TPSA) is 26.0 Å². The van der Waals surface area contributed by atoms with Gasteiger partial charge in [-0.15, -0.1) is 0 Å². The van der Waals surface area contributed by atoms with Gasteiger partial charge in [-0.2, -0.15) is 0 Å². The molecule has 0 saturated heterocycles. The SMILES string of the molecule is Brc1nc2c(Br)cccc2o1. The molecule has 0 N–H and O–H groups in total. The second kappa shape index (κ2) is 2.60. The number of para-hydroxylation sites is 1. The Kier molecular flexibility index (Phi) is 1.73. The lowest BCUT2D eigenvalue weighted by molar-refractivity contribution is 0.570. The van der Waals surface area contributed by atoms with Crippen LogP contribution in [-0.2, 0) is 0 Å². The molecule has 2 nitrogen and oxygen atoms in total. The number of hydrogen-bond donors (Lipinski definition) is 0. The van der Waals surface area contributed by atoms with Crippen LogP contribution in [0.2, 0.25) is 0 Å². The maximum Gasteiger partial charge on any atom is 0.265 e. The molecule has 1 aromatic carbocycles. The Balaban J connectivity index is 2.90. The van der Waals surface area contributed by atoms with Gasteiger partial charge in [0.2, 0.25) is 0 Å². The van der Waals surface area contributed by atoms with Crippen LogP contribution in [0.15, 0.2) is 31.9 Å². The van der Waals surface area contributed by atoms with E-state index in [1.54, 1.807) is 0 Å². The standard InChI is InChI=1S/C7H3Br2NO/c8-4-2-1-3-5-6(4)10-7(9)11-5/h1-3H. The molecule has 0 saturated carbocycles. The van der Waals surface area contributed by atoms with Crippen molar-refractivity contribution in [2.45, 2.75) is 0 Å². The van der Waals surface area contributed by atoms with E-state index in [1.807, 2.05) is 18.2 Å². The number of fused-ring (bicyclic) bond motifs is 1. The Morgan fingerprint density at radius 2 is 2.09 bits per heavy atom. The first-order valence-corrected chi connectivity index (χ1v) is 4.56. The first kappa shape index (κ1) is 7.31. The van der Waals surface area contributed by atoms with Gasteiger partial charge in [0, 0.05) is 20.4 Å². The third kappa shape index (κ3) is 1.20. The number of oxazole rings is 1. The zero-order chi connectivity index (χ0) is 7.84. The summed E-state index contributed by atoms with van der Waals surface area (Å²) in [5, 5.41) is 0. The smallest absolute Gasteiger partial charge is 0.265 e. The summed E-state index contributed by atoms with van der Waals surface area (Å²) < 4.78 is 6.17. The highest BCUT2D eigenvalue weighted by Gasteiger charge is 2.04. The highest BCUT2D eigenvalue weighted by molar-refractivity contribution is 9.11. The van der Waals surface area contributed by atoms with E-state index in [-0.39, 0.29) is 0 Å². The van der Waals surface area contributed by atoms with Gasteiger partial charge in [-0.05, 0) is 28.1 Å². The Morgan fingerprint density at radius 3 is 2.82 bits per heavy atom. The van der Waals surface area contributed by atoms with Gasteiger partial charge >= 0.3 is 0 Å². The molecule has 11 heavy (non-hydrogen) atoms. The minimum Gasteiger partial charge on any atom is -0.431 e. The zero-order valence-corrected chi connectivity index (χ0v) is 8.52. The van der Waals surface area contributed by atoms with Crippen molar-refractivity contribution < 1.29 is 4.42 Å². The third-order valence-corrected chi connectivity index (χ3v) is 2.32. The van der Waals surface area contributed by atoms with Crippen LogP contribution in [0, 0.1) is 0 Å². The molecule has 0 unspecified atom stereocenters. The van der Waals surface area contributed by atoms with Crippen molar-refractivity contribution in [3.63, 3.8) is 0 Å². The van der Waals surface area contributed by atoms with E-state index < -0.39 is 0 Å². The van der Waals surface area contributed by atoms with Gasteiger partial charge in [-0.1, -0.05) is 6.07 Å². The van der Waals surface area contributed by atoms with Crippen LogP contribution >= 0.6 is 31.9 Å². The van der Waals surface area contributed by atoms with Crippen molar-refractivity contribution in [1.29, 1.82) is 0 Å². The molecule has 2 aromatic rings. The Bertz CT molecular complexity index is 396. The molecule has 0 aliphatic heterocycles. The summed E-state index contributed by atoms with van der Waals surface area (Å²) >= 11 is 6.53. The average molecular weight is 277 g/mol. The summed E-state index contributed by atoms with van der Waals surface area (Å²) in [7, 11) is 0. The average Bonchev–Trinajstić information content (AvgIpc) is 2.31. The van der Waals surface area contributed by atoms with Crippen molar-refractivity contribution in [3.05, 3.63) is 27.5 Å². The van der Waals surface area contributed by atoms with Gasteiger partial charge in [0.25, 0.3) is 4.80 Å². The summed E-state index contributed by atoms with van der Waals surface area (Å²) in [5.74, 6) is 0. The lowest BCUT2D eigenvalue weighted by Crippen LogP contribution is -1.68. The predicted molar refractivity (Wildman–Crippen MR) is 49.4 cm³/mol. The van der Waals surface area contributed by atoms with E-state index in [9.17, 15) is 0 Å². The van der Waals surface area contributed by atoms with E-state index in [4.69, 9.17) is 4.42 Å². The molecule has 2 rings (SSSR count). The number of hydrogen-bond acceptors (Lipinski definition) is 2. The predicted octanol–water partition coefficient (Wildman–Crippen LogP) is 3.35. The molecule has 1 heterocycles. The molecule has 0 aliphatic rings. The molecular formula is C7H3Br2NO. The molecule has 0 spiro atoms. The number of rotatable bonds is 0. The third-order valence-electron chi connectivity index (χ3n) is 1.34. The number of benzene rings is 1. The van der Waals surface area contributed by atoms with Crippen LogP contribution in [0.25, 0.3) is 11.1 Å². The number of aromatic nitrogens is 1. The monoisotopic (exact) mass is 275 g/mol. The maximum absolute atomic E-state index is 5.22. The van der Waals surface area contributed by atoms with E-state index in [1.165, 1.54) is 0 Å². The molecule has 0 atom stereocenters. The van der Waals surface area contributed by atoms with Crippen LogP contribution in [0.5, 0.6) is 0 Å². The fourth-order valence-corrected chi connectivity index (χ4v) is 1.68. The zero-order valence-electron chi connectivity index (χ0n) is 5.34. The Labute approximate surface area is 79.9 Å². The first-order valence-electron chi connectivity index (χ1n) is 2.98. The summed E-state index contributed by atoms with van der Waals surface area (Å²) in [6, 6.07) is 5.71. The molecule has 1 aromatic heterocycles. The van der Waals surface area contributed by atoms with Gasteiger partial charge in [0.15, 0.2) is 5.58 Å². The van der Waals surface area contributed by atoms with E-state index in [2.05, 4.69) is 36.8 Å². The van der Waals surface area contributed by atoms with Gasteiger partial charge in [0.05, 0.1) is 0 Å². The Hall–Kier alpha value is -0.350. The molecular weight excluding hydrogens is 274 g/mol. The van der Waals surface area contributed by atoms with Gasteiger partial charge in [-0.3, -0.25) is 0 Å². The molecule has 4 heteroatoms. The van der Waals surface area contributed by atoms with E-state index in [0.29, 0.717) is 4.80 Å². The quantitative estimate of drug-likeness (QED) is 0.738. The van der Waals surface area contributed by atoms with E-state index in [0.717, 1.165) is 15.6 Å². The van der Waals surface area contributed by atoms with Gasteiger partial charge < -0.3 is 4.42 Å². The van der Waals surface area contributed by atoms with Crippen LogP contribution in [0.3, 0.4) is 0 Å². The molecule has 0 radical (unpaired) electrons. The lowest BCUT2D eigenvalue weighted by Gasteiger charge is -1.86. The van der Waals surface area contributed by atoms with Gasteiger partial charge in [0.1, 0.15) is 5.52 Å². The highest BCUT2D eigenvalue weighted by atomic mass is 79.9. The summed E-state index contributed by atoms with van der Waals surface area (Å²) in [6.45, 7) is 0.